The highest BCUT2D eigenvalue weighted by Gasteiger charge is 2.49. The molecule has 0 bridgehead atoms. The van der Waals surface area contributed by atoms with E-state index in [1.807, 2.05) is 0 Å². The van der Waals surface area contributed by atoms with Crippen LogP contribution in [0.3, 0.4) is 0 Å². The number of nitrogens with two attached hydrogens (primary N) is 1. The molecule has 9 nitrogen and oxygen atoms in total. The number of allylic oxidation sites excluding steroid dienone is 1. The molecular weight excluding hydrogens is 518 g/mol. The van der Waals surface area contributed by atoms with E-state index in [1.165, 1.54) is 6.20 Å². The molecule has 2 amide bonds. The maximum Gasteiger partial charge on any atom is 0.292 e. The van der Waals surface area contributed by atoms with E-state index in [1.54, 1.807) is 47.5 Å². The van der Waals surface area contributed by atoms with E-state index in [9.17, 15) is 14.4 Å². The highest BCUT2D eigenvalue weighted by molar-refractivity contribution is 6.30. The first-order chi connectivity index (χ1) is 18.9. The van der Waals surface area contributed by atoms with Gasteiger partial charge in [-0.3, -0.25) is 19.4 Å². The summed E-state index contributed by atoms with van der Waals surface area (Å²) in [4.78, 5) is 51.4. The lowest BCUT2D eigenvalue weighted by atomic mass is 9.74. The van der Waals surface area contributed by atoms with Gasteiger partial charge in [-0.05, 0) is 55.7 Å². The predicted octanol–water partition coefficient (Wildman–Crippen LogP) is 5.25. The molecule has 6 rings (SSSR count). The minimum atomic E-state index is -1.54. The molecule has 1 aromatic carbocycles. The number of hydrogen-bond acceptors (Lipinski definition) is 7. The van der Waals surface area contributed by atoms with Gasteiger partial charge >= 0.3 is 0 Å². The number of aromatic nitrogens is 1. The first-order valence-electron chi connectivity index (χ1n) is 13.2. The van der Waals surface area contributed by atoms with E-state index in [4.69, 9.17) is 26.7 Å². The van der Waals surface area contributed by atoms with Crippen LogP contribution in [0.1, 0.15) is 61.1 Å². The summed E-state index contributed by atoms with van der Waals surface area (Å²) < 4.78 is 6.11. The fraction of sp³-hybridized carbons (Fsp3) is 0.345. The minimum Gasteiger partial charge on any atom is -0.450 e. The van der Waals surface area contributed by atoms with Crippen molar-refractivity contribution in [2.45, 2.75) is 50.5 Å². The summed E-state index contributed by atoms with van der Waals surface area (Å²) in [5.41, 5.74) is 6.36. The average molecular weight is 546 g/mol. The molecule has 1 unspecified atom stereocenters. The lowest BCUT2D eigenvalue weighted by Crippen LogP contribution is -2.38. The Hall–Kier alpha value is -3.98. The van der Waals surface area contributed by atoms with Crippen LogP contribution in [0.25, 0.3) is 11.0 Å². The number of nitrogen functional groups attached to an aromatic ring is 1. The lowest BCUT2D eigenvalue weighted by Gasteiger charge is -2.30. The molecule has 2 aromatic heterocycles. The lowest BCUT2D eigenvalue weighted by molar-refractivity contribution is -0.128. The average Bonchev–Trinajstić information content (AvgIpc) is 3.67. The number of anilines is 2. The SMILES string of the molecule is Nc1ccc2oc(C(=O)Nc3ccc(Cl)cn3)c(C3(C(=O)C4CCCCC4)C=C(N4CCCC4=O)C=N3)c2c1. The molecule has 3 aliphatic rings. The number of hydrogen-bond donors (Lipinski definition) is 2. The van der Waals surface area contributed by atoms with Crippen LogP contribution in [0, 0.1) is 5.92 Å². The van der Waals surface area contributed by atoms with Crippen molar-refractivity contribution in [2.75, 3.05) is 17.6 Å². The first kappa shape index (κ1) is 25.3. The Kier molecular flexibility index (Phi) is 6.46. The summed E-state index contributed by atoms with van der Waals surface area (Å²) in [7, 11) is 0. The van der Waals surface area contributed by atoms with E-state index in [-0.39, 0.29) is 29.2 Å². The quantitative estimate of drug-likeness (QED) is 0.407. The van der Waals surface area contributed by atoms with Gasteiger partial charge in [-0.1, -0.05) is 30.9 Å². The van der Waals surface area contributed by atoms with Gasteiger partial charge in [0.1, 0.15) is 11.4 Å². The second kappa shape index (κ2) is 9.96. The normalized spacial score (nSPS) is 21.5. The van der Waals surface area contributed by atoms with E-state index >= 15 is 0 Å². The van der Waals surface area contributed by atoms with E-state index in [2.05, 4.69) is 10.3 Å². The molecule has 3 aromatic rings. The molecule has 10 heteroatoms. The van der Waals surface area contributed by atoms with Gasteiger partial charge in [0.05, 0.1) is 16.3 Å². The van der Waals surface area contributed by atoms with E-state index in [0.717, 1.165) is 38.5 Å². The van der Waals surface area contributed by atoms with Gasteiger partial charge in [-0.15, -0.1) is 0 Å². The van der Waals surface area contributed by atoms with Crippen molar-refractivity contribution in [2.24, 2.45) is 10.9 Å². The smallest absolute Gasteiger partial charge is 0.292 e. The van der Waals surface area contributed by atoms with Crippen LogP contribution in [0.15, 0.2) is 57.7 Å². The van der Waals surface area contributed by atoms with Crippen molar-refractivity contribution in [3.05, 3.63) is 64.6 Å². The molecule has 2 fully saturated rings. The van der Waals surface area contributed by atoms with Crippen LogP contribution in [0.2, 0.25) is 5.02 Å². The van der Waals surface area contributed by atoms with Gasteiger partial charge in [0.15, 0.2) is 17.1 Å². The van der Waals surface area contributed by atoms with Crippen LogP contribution in [-0.2, 0) is 15.1 Å². The van der Waals surface area contributed by atoms with Crippen molar-refractivity contribution in [1.29, 1.82) is 0 Å². The number of fused-ring (bicyclic) bond motifs is 1. The summed E-state index contributed by atoms with van der Waals surface area (Å²) in [6.07, 6.45) is 10.4. The molecule has 1 saturated heterocycles. The number of furan rings is 1. The molecule has 1 aliphatic carbocycles. The Morgan fingerprint density at radius 2 is 1.95 bits per heavy atom. The Labute approximate surface area is 230 Å². The maximum atomic E-state index is 14.5. The third kappa shape index (κ3) is 4.50. The fourth-order valence-electron chi connectivity index (χ4n) is 5.87. The summed E-state index contributed by atoms with van der Waals surface area (Å²) in [5.74, 6) is -0.721. The predicted molar refractivity (Wildman–Crippen MR) is 149 cm³/mol. The highest BCUT2D eigenvalue weighted by atomic mass is 35.5. The van der Waals surface area contributed by atoms with Crippen LogP contribution in [0.5, 0.6) is 0 Å². The van der Waals surface area contributed by atoms with Gasteiger partial charge in [-0.25, -0.2) is 4.98 Å². The number of likely N-dealkylation sites (tertiary alicyclic amines) is 1. The maximum absolute atomic E-state index is 14.5. The number of ketones is 1. The molecule has 2 aliphatic heterocycles. The zero-order chi connectivity index (χ0) is 27.1. The zero-order valence-electron chi connectivity index (χ0n) is 21.3. The van der Waals surface area contributed by atoms with Crippen LogP contribution < -0.4 is 11.1 Å². The summed E-state index contributed by atoms with van der Waals surface area (Å²) >= 11 is 5.96. The number of benzene rings is 1. The number of Topliss-reactive ketones (excluding diaryl/α,β-unsaturated/α-hetero) is 1. The zero-order valence-corrected chi connectivity index (χ0v) is 22.0. The first-order valence-corrected chi connectivity index (χ1v) is 13.6. The topological polar surface area (TPSA) is 131 Å². The van der Waals surface area contributed by atoms with Gasteiger partial charge in [0.2, 0.25) is 5.91 Å². The van der Waals surface area contributed by atoms with Crippen molar-refractivity contribution < 1.29 is 18.8 Å². The minimum absolute atomic E-state index is 0.0123. The summed E-state index contributed by atoms with van der Waals surface area (Å²) in [5, 5.41) is 3.71. The van der Waals surface area contributed by atoms with Gasteiger partial charge < -0.3 is 20.4 Å². The Morgan fingerprint density at radius 1 is 1.13 bits per heavy atom. The summed E-state index contributed by atoms with van der Waals surface area (Å²) in [6, 6.07) is 8.24. The number of carbonyl (C=O) groups is 3. The molecule has 1 saturated carbocycles. The number of rotatable bonds is 6. The number of carbonyl (C=O) groups excluding carboxylic acids is 3. The number of halogens is 1. The van der Waals surface area contributed by atoms with Crippen molar-refractivity contribution >= 4 is 57.9 Å². The Bertz CT molecular complexity index is 1540. The molecular formula is C29H28ClN5O4. The largest absolute Gasteiger partial charge is 0.450 e. The fourth-order valence-corrected chi connectivity index (χ4v) is 5.98. The summed E-state index contributed by atoms with van der Waals surface area (Å²) in [6.45, 7) is 0.555. The number of aliphatic imine (C=N–C) groups is 1. The Balaban J connectivity index is 1.53. The van der Waals surface area contributed by atoms with Crippen LogP contribution in [0.4, 0.5) is 11.5 Å². The molecule has 1 atom stereocenters. The number of nitrogens with one attached hydrogen (secondary N) is 1. The molecule has 0 radical (unpaired) electrons. The van der Waals surface area contributed by atoms with Crippen molar-refractivity contribution in [3.8, 4) is 0 Å². The highest BCUT2D eigenvalue weighted by Crippen LogP contribution is 2.46. The third-order valence-electron chi connectivity index (χ3n) is 7.76. The van der Waals surface area contributed by atoms with Gasteiger partial charge in [0.25, 0.3) is 5.91 Å². The molecule has 39 heavy (non-hydrogen) atoms. The number of nitrogens with zero attached hydrogens (tertiary/aromatic N) is 3. The van der Waals surface area contributed by atoms with Crippen LogP contribution >= 0.6 is 11.6 Å². The molecule has 200 valence electrons. The second-order valence-corrected chi connectivity index (χ2v) is 10.8. The Morgan fingerprint density at radius 3 is 2.67 bits per heavy atom. The third-order valence-corrected chi connectivity index (χ3v) is 7.99. The van der Waals surface area contributed by atoms with E-state index in [0.29, 0.717) is 45.9 Å². The van der Waals surface area contributed by atoms with Gasteiger partial charge in [0, 0.05) is 42.4 Å². The number of pyridine rings is 1. The second-order valence-electron chi connectivity index (χ2n) is 10.3. The van der Waals surface area contributed by atoms with Gasteiger partial charge in [-0.2, -0.15) is 0 Å². The molecule has 4 heterocycles. The van der Waals surface area contributed by atoms with E-state index < -0.39 is 11.4 Å². The number of amides is 2. The molecule has 0 spiro atoms. The van der Waals surface area contributed by atoms with Crippen molar-refractivity contribution in [1.82, 2.24) is 9.88 Å². The monoisotopic (exact) mass is 545 g/mol. The van der Waals surface area contributed by atoms with Crippen LogP contribution in [-0.4, -0.2) is 40.2 Å². The van der Waals surface area contributed by atoms with Crippen molar-refractivity contribution in [3.63, 3.8) is 0 Å². The molecule has 3 N–H and O–H groups in total. The standard InChI is InChI=1S/C29H28ClN5O4/c30-18-8-11-23(32-15-18)34-28(38)26-25(21-13-19(31)9-10-22(21)39-26)29(27(37)17-5-2-1-3-6-17)14-20(16-33-29)35-12-4-7-24(35)36/h8-11,13-17H,1-7,12,31H2,(H,32,34,38).